The van der Waals surface area contributed by atoms with E-state index in [1.165, 1.54) is 12.1 Å². The number of anilines is 2. The lowest BCUT2D eigenvalue weighted by molar-refractivity contribution is -0.116. The summed E-state index contributed by atoms with van der Waals surface area (Å²) in [4.78, 5) is 42.0. The second-order valence-corrected chi connectivity index (χ2v) is 10.8. The fourth-order valence-electron chi connectivity index (χ4n) is 4.08. The van der Waals surface area contributed by atoms with Gasteiger partial charge in [0.25, 0.3) is 5.91 Å². The molecule has 1 heterocycles. The van der Waals surface area contributed by atoms with E-state index in [0.29, 0.717) is 43.9 Å². The lowest BCUT2D eigenvalue weighted by atomic mass is 10.1. The molecule has 2 aromatic rings. The molecule has 1 aliphatic heterocycles. The van der Waals surface area contributed by atoms with Gasteiger partial charge in [0.1, 0.15) is 5.82 Å². The minimum Gasteiger partial charge on any atom is -0.367 e. The molecule has 3 rings (SSSR count). The fraction of sp³-hybridized carbons (Fsp3) is 0.464. The molecule has 3 N–H and O–H groups in total. The molecule has 1 fully saturated rings. The molecule has 0 atom stereocenters. The number of hydrogen-bond donors (Lipinski definition) is 3. The summed E-state index contributed by atoms with van der Waals surface area (Å²) < 4.78 is 13.2. The van der Waals surface area contributed by atoms with Gasteiger partial charge in [-0.05, 0) is 62.6 Å². The molecule has 1 saturated heterocycles. The Balaban J connectivity index is 1.77. The average Bonchev–Trinajstić information content (AvgIpc) is 2.82. The lowest BCUT2D eigenvalue weighted by Crippen LogP contribution is -2.55. The first-order valence-electron chi connectivity index (χ1n) is 12.7. The van der Waals surface area contributed by atoms with Gasteiger partial charge < -0.3 is 25.8 Å². The van der Waals surface area contributed by atoms with Crippen LogP contribution in [-0.2, 0) is 11.3 Å². The van der Waals surface area contributed by atoms with Crippen molar-refractivity contribution in [3.8, 4) is 0 Å². The highest BCUT2D eigenvalue weighted by Crippen LogP contribution is 2.26. The van der Waals surface area contributed by atoms with Crippen LogP contribution in [0.25, 0.3) is 0 Å². The van der Waals surface area contributed by atoms with E-state index in [4.69, 9.17) is 0 Å². The van der Waals surface area contributed by atoms with Gasteiger partial charge in [-0.2, -0.15) is 0 Å². The molecule has 4 amide bonds. The quantitative estimate of drug-likeness (QED) is 0.515. The zero-order chi connectivity index (χ0) is 27.2. The Morgan fingerprint density at radius 3 is 2.22 bits per heavy atom. The van der Waals surface area contributed by atoms with Crippen molar-refractivity contribution in [2.45, 2.75) is 53.1 Å². The Morgan fingerprint density at radius 1 is 0.973 bits per heavy atom. The van der Waals surface area contributed by atoms with Crippen molar-refractivity contribution in [3.05, 3.63) is 59.4 Å². The number of nitrogens with zero attached hydrogens (tertiary/aromatic N) is 2. The van der Waals surface area contributed by atoms with E-state index >= 15 is 0 Å². The SMILES string of the molecule is CC(C)CC(=O)Nc1ccc(N2CCN(C(=O)NC(C)(C)C)CC2)c(C(=O)NCc2ccc(F)cc2)c1. The van der Waals surface area contributed by atoms with Gasteiger partial charge in [0.15, 0.2) is 0 Å². The number of nitrogens with one attached hydrogen (secondary N) is 3. The third kappa shape index (κ3) is 8.48. The van der Waals surface area contributed by atoms with Gasteiger partial charge >= 0.3 is 6.03 Å². The molecule has 0 aliphatic carbocycles. The Morgan fingerprint density at radius 2 is 1.62 bits per heavy atom. The molecule has 0 bridgehead atoms. The van der Waals surface area contributed by atoms with Crippen LogP contribution < -0.4 is 20.9 Å². The first kappa shape index (κ1) is 28.0. The molecule has 0 radical (unpaired) electrons. The molecule has 9 heteroatoms. The van der Waals surface area contributed by atoms with Crippen molar-refractivity contribution in [2.24, 2.45) is 5.92 Å². The second-order valence-electron chi connectivity index (χ2n) is 10.8. The minimum absolute atomic E-state index is 0.104. The summed E-state index contributed by atoms with van der Waals surface area (Å²) in [6.07, 6.45) is 0.381. The number of halogens is 1. The predicted octanol–water partition coefficient (Wildman–Crippen LogP) is 4.37. The molecule has 0 unspecified atom stereocenters. The van der Waals surface area contributed by atoms with Gasteiger partial charge in [0.05, 0.1) is 5.56 Å². The van der Waals surface area contributed by atoms with E-state index < -0.39 is 0 Å². The third-order valence-electron chi connectivity index (χ3n) is 5.87. The topological polar surface area (TPSA) is 93.8 Å². The third-order valence-corrected chi connectivity index (χ3v) is 5.87. The van der Waals surface area contributed by atoms with E-state index in [1.807, 2.05) is 40.7 Å². The fourth-order valence-corrected chi connectivity index (χ4v) is 4.08. The Labute approximate surface area is 218 Å². The van der Waals surface area contributed by atoms with Gasteiger partial charge in [-0.3, -0.25) is 9.59 Å². The van der Waals surface area contributed by atoms with Crippen molar-refractivity contribution >= 4 is 29.2 Å². The van der Waals surface area contributed by atoms with E-state index in [0.717, 1.165) is 11.3 Å². The highest BCUT2D eigenvalue weighted by molar-refractivity contribution is 6.02. The number of hydrogen-bond acceptors (Lipinski definition) is 4. The zero-order valence-corrected chi connectivity index (χ0v) is 22.4. The lowest BCUT2D eigenvalue weighted by Gasteiger charge is -2.38. The molecular formula is C28H38FN5O3. The van der Waals surface area contributed by atoms with E-state index in [1.54, 1.807) is 29.2 Å². The molecule has 0 aromatic heterocycles. The van der Waals surface area contributed by atoms with Crippen molar-refractivity contribution < 1.29 is 18.8 Å². The summed E-state index contributed by atoms with van der Waals surface area (Å²) >= 11 is 0. The van der Waals surface area contributed by atoms with Gasteiger partial charge in [-0.1, -0.05) is 26.0 Å². The minimum atomic E-state index is -0.336. The molecule has 37 heavy (non-hydrogen) atoms. The standard InChI is InChI=1S/C28H38FN5O3/c1-19(2)16-25(35)31-22-10-11-24(33-12-14-34(15-13-33)27(37)32-28(3,4)5)23(17-22)26(36)30-18-20-6-8-21(29)9-7-20/h6-11,17,19H,12-16,18H2,1-5H3,(H,30,36)(H,31,35)(H,32,37). The van der Waals surface area contributed by atoms with Crippen molar-refractivity contribution in [1.82, 2.24) is 15.5 Å². The number of urea groups is 1. The maximum Gasteiger partial charge on any atom is 0.317 e. The highest BCUT2D eigenvalue weighted by Gasteiger charge is 2.26. The molecule has 200 valence electrons. The number of rotatable bonds is 7. The first-order valence-corrected chi connectivity index (χ1v) is 12.7. The summed E-state index contributed by atoms with van der Waals surface area (Å²) in [5.41, 5.74) is 2.16. The zero-order valence-electron chi connectivity index (χ0n) is 22.4. The number of benzene rings is 2. The Hall–Kier alpha value is -3.62. The van der Waals surface area contributed by atoms with E-state index in [-0.39, 0.29) is 41.7 Å². The number of piperazine rings is 1. The molecule has 2 aromatic carbocycles. The van der Waals surface area contributed by atoms with Gasteiger partial charge in [-0.15, -0.1) is 0 Å². The van der Waals surface area contributed by atoms with Crippen LogP contribution in [0.3, 0.4) is 0 Å². The smallest absolute Gasteiger partial charge is 0.317 e. The summed E-state index contributed by atoms with van der Waals surface area (Å²) in [7, 11) is 0. The number of carbonyl (C=O) groups is 3. The van der Waals surface area contributed by atoms with Crippen molar-refractivity contribution in [3.63, 3.8) is 0 Å². The molecule has 8 nitrogen and oxygen atoms in total. The van der Waals surface area contributed by atoms with Crippen LogP contribution in [0.2, 0.25) is 0 Å². The van der Waals surface area contributed by atoms with Crippen LogP contribution in [0.15, 0.2) is 42.5 Å². The summed E-state index contributed by atoms with van der Waals surface area (Å²) in [6, 6.07) is 11.2. The Bertz CT molecular complexity index is 1100. The number of amides is 4. The normalized spacial score (nSPS) is 13.9. The first-order chi connectivity index (χ1) is 17.4. The molecule has 1 aliphatic rings. The summed E-state index contributed by atoms with van der Waals surface area (Å²) in [5.74, 6) is -0.534. The monoisotopic (exact) mass is 511 g/mol. The maximum atomic E-state index is 13.3. The van der Waals surface area contributed by atoms with Crippen molar-refractivity contribution in [2.75, 3.05) is 36.4 Å². The van der Waals surface area contributed by atoms with Gasteiger partial charge in [-0.25, -0.2) is 9.18 Å². The van der Waals surface area contributed by atoms with Crippen LogP contribution in [0.5, 0.6) is 0 Å². The van der Waals surface area contributed by atoms with Crippen molar-refractivity contribution in [1.29, 1.82) is 0 Å². The summed E-state index contributed by atoms with van der Waals surface area (Å²) in [6.45, 7) is 12.2. The molecular weight excluding hydrogens is 473 g/mol. The van der Waals surface area contributed by atoms with E-state index in [2.05, 4.69) is 20.9 Å². The van der Waals surface area contributed by atoms with Crippen LogP contribution in [0.4, 0.5) is 20.6 Å². The van der Waals surface area contributed by atoms with Gasteiger partial charge in [0.2, 0.25) is 5.91 Å². The highest BCUT2D eigenvalue weighted by atomic mass is 19.1. The maximum absolute atomic E-state index is 13.3. The average molecular weight is 512 g/mol. The molecule has 0 saturated carbocycles. The van der Waals surface area contributed by atoms with Crippen LogP contribution in [0, 0.1) is 11.7 Å². The van der Waals surface area contributed by atoms with Crippen LogP contribution >= 0.6 is 0 Å². The van der Waals surface area contributed by atoms with Crippen LogP contribution in [-0.4, -0.2) is 54.5 Å². The Kier molecular flexibility index (Phi) is 9.13. The summed E-state index contributed by atoms with van der Waals surface area (Å²) in [5, 5.41) is 8.78. The predicted molar refractivity (Wildman–Crippen MR) is 144 cm³/mol. The largest absolute Gasteiger partial charge is 0.367 e. The van der Waals surface area contributed by atoms with E-state index in [9.17, 15) is 18.8 Å². The van der Waals surface area contributed by atoms with Gasteiger partial charge in [0, 0.05) is 56.1 Å². The number of carbonyl (C=O) groups excluding carboxylic acids is 3. The molecule has 0 spiro atoms. The second kappa shape index (κ2) is 12.1. The van der Waals surface area contributed by atoms with Crippen LogP contribution in [0.1, 0.15) is 57.0 Å².